The maximum atomic E-state index is 14.0. The van der Waals surface area contributed by atoms with Crippen LogP contribution in [0.1, 0.15) is 93.9 Å². The van der Waals surface area contributed by atoms with Crippen LogP contribution in [-0.4, -0.2) is 69.4 Å². The number of aromatic amines is 1. The number of hydrogen-bond acceptors (Lipinski definition) is 10. The summed E-state index contributed by atoms with van der Waals surface area (Å²) in [6.07, 6.45) is 6.80. The first-order chi connectivity index (χ1) is 24.6. The summed E-state index contributed by atoms with van der Waals surface area (Å²) in [6, 6.07) is 7.69. The average molecular weight is 700 g/mol. The zero-order valence-electron chi connectivity index (χ0n) is 29.3. The van der Waals surface area contributed by atoms with Crippen LogP contribution < -0.4 is 14.2 Å². The minimum atomic E-state index is -1.26. The molecular formula is C40H45NO10. The fourth-order valence-corrected chi connectivity index (χ4v) is 8.12. The van der Waals surface area contributed by atoms with Crippen LogP contribution >= 0.6 is 0 Å². The Morgan fingerprint density at radius 1 is 1.08 bits per heavy atom. The largest absolute Gasteiger partial charge is 0.489 e. The molecule has 2 aliphatic heterocycles. The summed E-state index contributed by atoms with van der Waals surface area (Å²) in [4.78, 5) is 43.9. The standard InChI is InChI=1S/C40H45NO10/c1-4-48-39(46)38-28(19-43)32(23-15-24(18-42)34(45)26(16-23)21-10-11-30-22(14-21)12-13-41-30)33-36(49-25-8-6-5-7-9-25)27-17-31(40(2,3)47)50-35(27)29(20-44)37(33)51-38/h10-14,19,24-26,31,41-42,44,47H,4-9,15-18,20H2,1-3H3. The number of benzene rings is 2. The van der Waals surface area contributed by atoms with Gasteiger partial charge in [0.2, 0.25) is 5.76 Å². The minimum Gasteiger partial charge on any atom is -0.489 e. The molecule has 4 aliphatic rings. The molecule has 11 heteroatoms. The van der Waals surface area contributed by atoms with Crippen LogP contribution in [0.4, 0.5) is 0 Å². The monoisotopic (exact) mass is 699 g/mol. The number of Topliss-reactive ketones (excluding diaryl/α,β-unsaturated/α-hetero) is 1. The average Bonchev–Trinajstić information content (AvgIpc) is 3.79. The first-order valence-electron chi connectivity index (χ1n) is 17.9. The first-order valence-corrected chi connectivity index (χ1v) is 17.9. The van der Waals surface area contributed by atoms with Gasteiger partial charge in [0.05, 0.1) is 48.2 Å². The molecule has 11 nitrogen and oxygen atoms in total. The number of rotatable bonds is 9. The quantitative estimate of drug-likeness (QED) is 0.169. The molecule has 0 amide bonds. The van der Waals surface area contributed by atoms with Gasteiger partial charge < -0.3 is 39.3 Å². The van der Waals surface area contributed by atoms with Crippen LogP contribution in [0.5, 0.6) is 17.2 Å². The lowest BCUT2D eigenvalue weighted by Crippen LogP contribution is -2.39. The molecular weight excluding hydrogens is 654 g/mol. The number of aliphatic hydroxyl groups excluding tert-OH is 2. The number of carbonyl (C=O) groups excluding carboxylic acids is 3. The molecule has 3 aromatic rings. The number of hydrogen-bond donors (Lipinski definition) is 4. The highest BCUT2D eigenvalue weighted by atomic mass is 16.6. The van der Waals surface area contributed by atoms with Crippen LogP contribution in [0.25, 0.3) is 16.5 Å². The molecule has 0 radical (unpaired) electrons. The van der Waals surface area contributed by atoms with Gasteiger partial charge in [-0.25, -0.2) is 4.79 Å². The number of esters is 1. The number of aldehydes is 1. The highest BCUT2D eigenvalue weighted by Crippen LogP contribution is 2.57. The van der Waals surface area contributed by atoms with E-state index in [4.69, 9.17) is 18.9 Å². The summed E-state index contributed by atoms with van der Waals surface area (Å²) in [5, 5.41) is 33.5. The first kappa shape index (κ1) is 35.0. The predicted octanol–water partition coefficient (Wildman–Crippen LogP) is 5.36. The molecule has 270 valence electrons. The zero-order valence-corrected chi connectivity index (χ0v) is 29.3. The van der Waals surface area contributed by atoms with Gasteiger partial charge in [0.1, 0.15) is 29.1 Å². The lowest BCUT2D eigenvalue weighted by atomic mass is 9.71. The van der Waals surface area contributed by atoms with E-state index in [1.165, 1.54) is 0 Å². The van der Waals surface area contributed by atoms with E-state index in [2.05, 4.69) is 4.98 Å². The van der Waals surface area contributed by atoms with Gasteiger partial charge in [-0.2, -0.15) is 0 Å². The van der Waals surface area contributed by atoms with Gasteiger partial charge in [-0.1, -0.05) is 18.1 Å². The Kier molecular flexibility index (Phi) is 9.56. The molecule has 2 aliphatic carbocycles. The number of allylic oxidation sites excluding steroid dienone is 3. The molecule has 0 spiro atoms. The Labute approximate surface area is 296 Å². The number of ether oxygens (including phenoxy) is 4. The number of H-pyrrole nitrogens is 1. The van der Waals surface area contributed by atoms with Gasteiger partial charge in [-0.3, -0.25) is 9.59 Å². The van der Waals surface area contributed by atoms with Crippen molar-refractivity contribution >= 4 is 34.5 Å². The molecule has 51 heavy (non-hydrogen) atoms. The highest BCUT2D eigenvalue weighted by Gasteiger charge is 2.46. The van der Waals surface area contributed by atoms with Crippen molar-refractivity contribution in [1.82, 2.24) is 4.98 Å². The van der Waals surface area contributed by atoms with E-state index in [1.807, 2.05) is 30.5 Å². The summed E-state index contributed by atoms with van der Waals surface area (Å²) in [5.41, 5.74) is 2.66. The summed E-state index contributed by atoms with van der Waals surface area (Å²) >= 11 is 0. The van der Waals surface area contributed by atoms with E-state index >= 15 is 0 Å². The van der Waals surface area contributed by atoms with Crippen molar-refractivity contribution in [3.63, 3.8) is 0 Å². The second-order valence-corrected chi connectivity index (χ2v) is 14.5. The van der Waals surface area contributed by atoms with Crippen molar-refractivity contribution in [2.75, 3.05) is 13.2 Å². The zero-order chi connectivity index (χ0) is 36.0. The van der Waals surface area contributed by atoms with Crippen molar-refractivity contribution in [3.05, 3.63) is 69.6 Å². The van der Waals surface area contributed by atoms with Crippen molar-refractivity contribution in [2.24, 2.45) is 5.92 Å². The van der Waals surface area contributed by atoms with Crippen LogP contribution in [-0.2, 0) is 32.1 Å². The summed E-state index contributed by atoms with van der Waals surface area (Å²) in [6.45, 7) is 4.01. The topological polar surface area (TPSA) is 165 Å². The van der Waals surface area contributed by atoms with Crippen molar-refractivity contribution in [1.29, 1.82) is 0 Å². The predicted molar refractivity (Wildman–Crippen MR) is 187 cm³/mol. The van der Waals surface area contributed by atoms with E-state index in [1.54, 1.807) is 20.8 Å². The Bertz CT molecular complexity index is 1940. The maximum Gasteiger partial charge on any atom is 0.375 e. The molecule has 1 aromatic heterocycles. The van der Waals surface area contributed by atoms with E-state index in [0.29, 0.717) is 40.1 Å². The Hall–Kier alpha value is -4.45. The molecule has 3 atom stereocenters. The molecule has 3 heterocycles. The third kappa shape index (κ3) is 6.25. The SMILES string of the molecule is CCOC(=O)C1=C(C=O)C(=C2CC(CO)C(=O)C(c3ccc4[nH]ccc4c3)C2)c2c(c(CO)c3c(c2OC2CCCCC2)CC(C(C)(C)O)O3)O1. The van der Waals surface area contributed by atoms with Gasteiger partial charge in [-0.15, -0.1) is 0 Å². The number of fused-ring (bicyclic) bond motifs is 3. The summed E-state index contributed by atoms with van der Waals surface area (Å²) < 4.78 is 25.0. The molecule has 0 saturated heterocycles. The van der Waals surface area contributed by atoms with E-state index in [0.717, 1.165) is 48.6 Å². The van der Waals surface area contributed by atoms with E-state index in [9.17, 15) is 29.7 Å². The lowest BCUT2D eigenvalue weighted by Gasteiger charge is -2.35. The highest BCUT2D eigenvalue weighted by molar-refractivity contribution is 6.11. The van der Waals surface area contributed by atoms with Crippen LogP contribution in [0.2, 0.25) is 0 Å². The molecule has 2 saturated carbocycles. The number of ketones is 1. The van der Waals surface area contributed by atoms with Crippen LogP contribution in [0.15, 0.2) is 47.4 Å². The van der Waals surface area contributed by atoms with E-state index < -0.39 is 42.7 Å². The third-order valence-electron chi connectivity index (χ3n) is 10.8. The minimum absolute atomic E-state index is 0.0187. The van der Waals surface area contributed by atoms with Gasteiger partial charge >= 0.3 is 5.97 Å². The van der Waals surface area contributed by atoms with Crippen molar-refractivity contribution in [2.45, 2.75) is 102 Å². The van der Waals surface area contributed by atoms with Gasteiger partial charge in [0.15, 0.2) is 6.29 Å². The number of carbonyl (C=O) groups is 3. The molecule has 4 N–H and O–H groups in total. The fourth-order valence-electron chi connectivity index (χ4n) is 8.12. The fraction of sp³-hybridized carbons (Fsp3) is 0.475. The van der Waals surface area contributed by atoms with E-state index in [-0.39, 0.29) is 60.4 Å². The smallest absolute Gasteiger partial charge is 0.375 e. The van der Waals surface area contributed by atoms with Crippen LogP contribution in [0, 0.1) is 5.92 Å². The number of nitrogens with one attached hydrogen (secondary N) is 1. The van der Waals surface area contributed by atoms with Crippen molar-refractivity contribution < 1.29 is 48.7 Å². The molecule has 7 rings (SSSR count). The Balaban J connectivity index is 1.51. The number of aliphatic hydroxyl groups is 3. The number of aromatic nitrogens is 1. The van der Waals surface area contributed by atoms with Crippen molar-refractivity contribution in [3.8, 4) is 17.2 Å². The molecule has 0 bridgehead atoms. The summed E-state index contributed by atoms with van der Waals surface area (Å²) in [5.74, 6) is -1.95. The van der Waals surface area contributed by atoms with Crippen LogP contribution in [0.3, 0.4) is 0 Å². The molecule has 3 unspecified atom stereocenters. The van der Waals surface area contributed by atoms with Gasteiger partial charge in [0, 0.05) is 41.1 Å². The Morgan fingerprint density at radius 3 is 2.55 bits per heavy atom. The van der Waals surface area contributed by atoms with Gasteiger partial charge in [0.25, 0.3) is 0 Å². The third-order valence-corrected chi connectivity index (χ3v) is 10.8. The normalized spacial score (nSPS) is 23.8. The lowest BCUT2D eigenvalue weighted by molar-refractivity contribution is -0.141. The maximum absolute atomic E-state index is 14.0. The molecule has 2 aromatic carbocycles. The second kappa shape index (κ2) is 13.9. The van der Waals surface area contributed by atoms with Gasteiger partial charge in [-0.05, 0) is 88.4 Å². The second-order valence-electron chi connectivity index (χ2n) is 14.5. The summed E-state index contributed by atoms with van der Waals surface area (Å²) in [7, 11) is 0. The Morgan fingerprint density at radius 2 is 1.86 bits per heavy atom. The molecule has 2 fully saturated rings.